The summed E-state index contributed by atoms with van der Waals surface area (Å²) < 4.78 is 26.9. The first-order valence-electron chi connectivity index (χ1n) is 6.75. The quantitative estimate of drug-likeness (QED) is 0.691. The van der Waals surface area contributed by atoms with Crippen molar-refractivity contribution in [2.75, 3.05) is 13.7 Å². The Bertz CT molecular complexity index is 567. The number of rotatable bonds is 7. The molecular formula is C14H22N2O4S. The molecule has 0 aliphatic rings. The van der Waals surface area contributed by atoms with Gasteiger partial charge in [-0.2, -0.15) is 0 Å². The molecule has 21 heavy (non-hydrogen) atoms. The number of aliphatic hydroxyl groups excluding tert-OH is 1. The maximum atomic E-state index is 12.2. The van der Waals surface area contributed by atoms with Crippen LogP contribution in [-0.4, -0.2) is 39.1 Å². The summed E-state index contributed by atoms with van der Waals surface area (Å²) in [4.78, 5) is 11.5. The monoisotopic (exact) mass is 314 g/mol. The molecule has 3 N–H and O–H groups in total. The molecule has 0 radical (unpaired) electrons. The van der Waals surface area contributed by atoms with Gasteiger partial charge < -0.3 is 10.4 Å². The van der Waals surface area contributed by atoms with Crippen LogP contribution in [0.15, 0.2) is 29.2 Å². The Balaban J connectivity index is 2.89. The lowest BCUT2D eigenvalue weighted by molar-refractivity contribution is 0.0963. The Hall–Kier alpha value is -1.44. The van der Waals surface area contributed by atoms with Gasteiger partial charge in [0.1, 0.15) is 0 Å². The number of benzene rings is 1. The van der Waals surface area contributed by atoms with Crippen molar-refractivity contribution in [1.82, 2.24) is 10.0 Å². The highest BCUT2D eigenvalue weighted by Crippen LogP contribution is 2.13. The molecule has 1 unspecified atom stereocenters. The summed E-state index contributed by atoms with van der Waals surface area (Å²) in [5.74, 6) is -0.0135. The first kappa shape index (κ1) is 17.6. The third kappa shape index (κ3) is 5.11. The van der Waals surface area contributed by atoms with Gasteiger partial charge in [0.2, 0.25) is 10.0 Å². The predicted molar refractivity (Wildman–Crippen MR) is 80.5 cm³/mol. The predicted octanol–water partition coefficient (Wildman–Crippen LogP) is 0.731. The van der Waals surface area contributed by atoms with Crippen molar-refractivity contribution in [2.24, 2.45) is 5.92 Å². The first-order valence-corrected chi connectivity index (χ1v) is 8.23. The Kier molecular flexibility index (Phi) is 6.32. The van der Waals surface area contributed by atoms with E-state index in [9.17, 15) is 18.3 Å². The van der Waals surface area contributed by atoms with Crippen LogP contribution in [0.5, 0.6) is 0 Å². The van der Waals surface area contributed by atoms with Gasteiger partial charge in [0.15, 0.2) is 0 Å². The standard InChI is InChI=1S/C14H22N2O4S/c1-10(2)8-12(9-17)16-21(19,20)13-6-4-11(5-7-13)14(18)15-3/h4-7,10,12,16-17H,8-9H2,1-3H3,(H,15,18). The summed E-state index contributed by atoms with van der Waals surface area (Å²) in [5.41, 5.74) is 0.386. The van der Waals surface area contributed by atoms with Gasteiger partial charge in [0.25, 0.3) is 5.91 Å². The molecule has 0 saturated heterocycles. The average molecular weight is 314 g/mol. The molecule has 0 aliphatic heterocycles. The van der Waals surface area contributed by atoms with E-state index in [1.54, 1.807) is 0 Å². The largest absolute Gasteiger partial charge is 0.395 e. The zero-order valence-electron chi connectivity index (χ0n) is 12.5. The first-order chi connectivity index (χ1) is 9.80. The van der Waals surface area contributed by atoms with Crippen LogP contribution in [0.25, 0.3) is 0 Å². The lowest BCUT2D eigenvalue weighted by Crippen LogP contribution is -2.38. The van der Waals surface area contributed by atoms with Crippen LogP contribution in [0.2, 0.25) is 0 Å². The minimum Gasteiger partial charge on any atom is -0.395 e. The summed E-state index contributed by atoms with van der Waals surface area (Å²) >= 11 is 0. The van der Waals surface area contributed by atoms with Crippen molar-refractivity contribution in [3.05, 3.63) is 29.8 Å². The Morgan fingerprint density at radius 1 is 1.24 bits per heavy atom. The molecule has 0 aliphatic carbocycles. The highest BCUT2D eigenvalue weighted by molar-refractivity contribution is 7.89. The molecule has 0 fully saturated rings. The number of carbonyl (C=O) groups is 1. The number of hydrogen-bond donors (Lipinski definition) is 3. The molecule has 0 spiro atoms. The second-order valence-electron chi connectivity index (χ2n) is 5.23. The highest BCUT2D eigenvalue weighted by atomic mass is 32.2. The van der Waals surface area contributed by atoms with Crippen LogP contribution in [0, 0.1) is 5.92 Å². The summed E-state index contributed by atoms with van der Waals surface area (Å²) in [7, 11) is -2.20. The van der Waals surface area contributed by atoms with Crippen LogP contribution < -0.4 is 10.0 Å². The number of aliphatic hydroxyl groups is 1. The average Bonchev–Trinajstić information content (AvgIpc) is 2.45. The molecule has 0 bridgehead atoms. The minimum atomic E-state index is -3.71. The molecule has 7 heteroatoms. The van der Waals surface area contributed by atoms with Gasteiger partial charge in [0, 0.05) is 18.7 Å². The summed E-state index contributed by atoms with van der Waals surface area (Å²) in [6.07, 6.45) is 0.548. The summed E-state index contributed by atoms with van der Waals surface area (Å²) in [6, 6.07) is 5.12. The number of nitrogens with one attached hydrogen (secondary N) is 2. The number of amides is 1. The molecular weight excluding hydrogens is 292 g/mol. The van der Waals surface area contributed by atoms with Crippen LogP contribution in [0.1, 0.15) is 30.6 Å². The van der Waals surface area contributed by atoms with E-state index in [2.05, 4.69) is 10.0 Å². The molecule has 1 rings (SSSR count). The lowest BCUT2D eigenvalue weighted by atomic mass is 10.1. The number of hydrogen-bond acceptors (Lipinski definition) is 4. The molecule has 1 amide bonds. The van der Waals surface area contributed by atoms with Crippen LogP contribution >= 0.6 is 0 Å². The van der Waals surface area contributed by atoms with Gasteiger partial charge >= 0.3 is 0 Å². The van der Waals surface area contributed by atoms with Crippen molar-refractivity contribution in [1.29, 1.82) is 0 Å². The van der Waals surface area contributed by atoms with Crippen LogP contribution in [0.3, 0.4) is 0 Å². The maximum Gasteiger partial charge on any atom is 0.251 e. The smallest absolute Gasteiger partial charge is 0.251 e. The van der Waals surface area contributed by atoms with E-state index in [1.807, 2.05) is 13.8 Å². The van der Waals surface area contributed by atoms with Crippen LogP contribution in [0.4, 0.5) is 0 Å². The van der Waals surface area contributed by atoms with E-state index in [4.69, 9.17) is 0 Å². The van der Waals surface area contributed by atoms with E-state index in [1.165, 1.54) is 31.3 Å². The third-order valence-electron chi connectivity index (χ3n) is 2.95. The fourth-order valence-corrected chi connectivity index (χ4v) is 3.19. The van der Waals surface area contributed by atoms with Gasteiger partial charge in [-0.1, -0.05) is 13.8 Å². The fourth-order valence-electron chi connectivity index (χ4n) is 1.95. The summed E-state index contributed by atoms with van der Waals surface area (Å²) in [6.45, 7) is 3.65. The zero-order valence-corrected chi connectivity index (χ0v) is 13.3. The van der Waals surface area contributed by atoms with Gasteiger partial charge in [-0.25, -0.2) is 13.1 Å². The number of sulfonamides is 1. The van der Waals surface area contributed by atoms with Crippen molar-refractivity contribution in [3.8, 4) is 0 Å². The second-order valence-corrected chi connectivity index (χ2v) is 6.95. The highest BCUT2D eigenvalue weighted by Gasteiger charge is 2.20. The molecule has 6 nitrogen and oxygen atoms in total. The maximum absolute atomic E-state index is 12.2. The molecule has 118 valence electrons. The Morgan fingerprint density at radius 2 is 1.81 bits per heavy atom. The van der Waals surface area contributed by atoms with Gasteiger partial charge in [-0.3, -0.25) is 4.79 Å². The molecule has 0 saturated carbocycles. The van der Waals surface area contributed by atoms with E-state index in [-0.39, 0.29) is 23.3 Å². The minimum absolute atomic E-state index is 0.0670. The van der Waals surface area contributed by atoms with E-state index >= 15 is 0 Å². The van der Waals surface area contributed by atoms with Gasteiger partial charge in [0.05, 0.1) is 11.5 Å². The Morgan fingerprint density at radius 3 is 2.24 bits per heavy atom. The van der Waals surface area contributed by atoms with E-state index in [0.29, 0.717) is 12.0 Å². The lowest BCUT2D eigenvalue weighted by Gasteiger charge is -2.18. The normalized spacial score (nSPS) is 13.2. The van der Waals surface area contributed by atoms with Gasteiger partial charge in [-0.15, -0.1) is 0 Å². The topological polar surface area (TPSA) is 95.5 Å². The molecule has 0 heterocycles. The van der Waals surface area contributed by atoms with Crippen molar-refractivity contribution in [2.45, 2.75) is 31.2 Å². The fraction of sp³-hybridized carbons (Fsp3) is 0.500. The second kappa shape index (κ2) is 7.53. The molecule has 1 aromatic carbocycles. The SMILES string of the molecule is CNC(=O)c1ccc(S(=O)(=O)NC(CO)CC(C)C)cc1. The van der Waals surface area contributed by atoms with Crippen molar-refractivity contribution < 1.29 is 18.3 Å². The van der Waals surface area contributed by atoms with Crippen LogP contribution in [-0.2, 0) is 10.0 Å². The van der Waals surface area contributed by atoms with Crippen molar-refractivity contribution >= 4 is 15.9 Å². The van der Waals surface area contributed by atoms with Crippen molar-refractivity contribution in [3.63, 3.8) is 0 Å². The summed E-state index contributed by atoms with van der Waals surface area (Å²) in [5, 5.41) is 11.7. The van der Waals surface area contributed by atoms with E-state index < -0.39 is 16.1 Å². The molecule has 1 atom stereocenters. The Labute approximate surface area is 125 Å². The molecule has 0 aromatic heterocycles. The van der Waals surface area contributed by atoms with Gasteiger partial charge in [-0.05, 0) is 36.6 Å². The number of carbonyl (C=O) groups excluding carboxylic acids is 1. The molecule has 1 aromatic rings. The van der Waals surface area contributed by atoms with E-state index in [0.717, 1.165) is 0 Å². The zero-order chi connectivity index (χ0) is 16.0. The third-order valence-corrected chi connectivity index (χ3v) is 4.49.